The zero-order valence-corrected chi connectivity index (χ0v) is 9.69. The van der Waals surface area contributed by atoms with Gasteiger partial charge in [-0.2, -0.15) is 0 Å². The molecule has 0 aromatic rings. The summed E-state index contributed by atoms with van der Waals surface area (Å²) in [6, 6.07) is -0.716. The zero-order chi connectivity index (χ0) is 11.6. The molecule has 0 aromatic heterocycles. The molecule has 2 unspecified atom stereocenters. The normalized spacial score (nSPS) is 23.3. The molecule has 15 heavy (non-hydrogen) atoms. The van der Waals surface area contributed by atoms with Gasteiger partial charge in [0.1, 0.15) is 0 Å². The quantitative estimate of drug-likeness (QED) is 0.743. The van der Waals surface area contributed by atoms with Crippen molar-refractivity contribution in [2.45, 2.75) is 45.7 Å². The molecule has 0 aromatic carbocycles. The Morgan fingerprint density at radius 3 is 2.47 bits per heavy atom. The molecule has 0 radical (unpaired) electrons. The van der Waals surface area contributed by atoms with E-state index in [1.54, 1.807) is 4.90 Å². The zero-order valence-electron chi connectivity index (χ0n) is 9.69. The van der Waals surface area contributed by atoms with Gasteiger partial charge in [-0.1, -0.05) is 13.8 Å². The Morgan fingerprint density at radius 1 is 1.40 bits per heavy atom. The van der Waals surface area contributed by atoms with Gasteiger partial charge >= 0.3 is 0 Å². The molecule has 1 heterocycles. The van der Waals surface area contributed by atoms with Crippen molar-refractivity contribution in [1.82, 2.24) is 4.90 Å². The van der Waals surface area contributed by atoms with Gasteiger partial charge in [0.05, 0.1) is 12.1 Å². The van der Waals surface area contributed by atoms with Crippen molar-refractivity contribution >= 4 is 11.7 Å². The first-order valence-corrected chi connectivity index (χ1v) is 5.51. The average Bonchev–Trinajstić information content (AvgIpc) is 2.63. The molecule has 1 saturated heterocycles. The Labute approximate surface area is 90.8 Å². The second-order valence-electron chi connectivity index (χ2n) is 4.57. The maximum atomic E-state index is 12.0. The summed E-state index contributed by atoms with van der Waals surface area (Å²) < 4.78 is 0. The Balaban J connectivity index is 2.70. The second-order valence-corrected chi connectivity index (χ2v) is 4.57. The summed E-state index contributed by atoms with van der Waals surface area (Å²) in [5.41, 5.74) is 5.80. The molecule has 2 N–H and O–H groups in total. The van der Waals surface area contributed by atoms with Crippen molar-refractivity contribution in [3.05, 3.63) is 0 Å². The molecule has 4 nitrogen and oxygen atoms in total. The topological polar surface area (TPSA) is 63.4 Å². The maximum absolute atomic E-state index is 12.0. The Morgan fingerprint density at radius 2 is 2.00 bits per heavy atom. The van der Waals surface area contributed by atoms with Crippen LogP contribution in [0, 0.1) is 5.92 Å². The lowest BCUT2D eigenvalue weighted by atomic mass is 10.0. The van der Waals surface area contributed by atoms with Gasteiger partial charge in [0.15, 0.2) is 5.78 Å². The van der Waals surface area contributed by atoms with Crippen LogP contribution < -0.4 is 5.73 Å². The smallest absolute Gasteiger partial charge is 0.240 e. The predicted molar refractivity (Wildman–Crippen MR) is 58.2 cm³/mol. The Hall–Kier alpha value is -0.900. The molecule has 0 saturated carbocycles. The van der Waals surface area contributed by atoms with Gasteiger partial charge in [0.2, 0.25) is 5.91 Å². The summed E-state index contributed by atoms with van der Waals surface area (Å²) in [7, 11) is 0. The number of hydrogen-bond acceptors (Lipinski definition) is 3. The molecule has 1 rings (SSSR count). The van der Waals surface area contributed by atoms with Crippen LogP contribution in [-0.2, 0) is 9.59 Å². The first-order chi connectivity index (χ1) is 6.95. The molecule has 1 aliphatic rings. The number of amides is 1. The summed E-state index contributed by atoms with van der Waals surface area (Å²) in [5, 5.41) is 0. The van der Waals surface area contributed by atoms with Crippen LogP contribution >= 0.6 is 0 Å². The maximum Gasteiger partial charge on any atom is 0.240 e. The van der Waals surface area contributed by atoms with E-state index in [2.05, 4.69) is 0 Å². The largest absolute Gasteiger partial charge is 0.331 e. The van der Waals surface area contributed by atoms with Gasteiger partial charge in [-0.25, -0.2) is 0 Å². The van der Waals surface area contributed by atoms with E-state index < -0.39 is 6.04 Å². The number of hydrogen-bond donors (Lipinski definition) is 1. The van der Waals surface area contributed by atoms with Crippen molar-refractivity contribution in [1.29, 1.82) is 0 Å². The van der Waals surface area contributed by atoms with Gasteiger partial charge < -0.3 is 10.6 Å². The average molecular weight is 212 g/mol. The summed E-state index contributed by atoms with van der Waals surface area (Å²) in [6.45, 7) is 6.05. The molecular formula is C11H20N2O2. The van der Waals surface area contributed by atoms with Crippen LogP contribution in [0.4, 0.5) is 0 Å². The minimum atomic E-state index is -0.482. The molecule has 2 atom stereocenters. The lowest BCUT2D eigenvalue weighted by Crippen LogP contribution is -2.50. The first-order valence-electron chi connectivity index (χ1n) is 5.51. The molecule has 1 amide bonds. The van der Waals surface area contributed by atoms with E-state index in [0.717, 1.165) is 12.8 Å². The standard InChI is InChI=1S/C11H20N2O2/c1-7(2)10(12)11(15)13-6-4-5-9(13)8(3)14/h7,9-10H,4-6,12H2,1-3H3. The van der Waals surface area contributed by atoms with Crippen molar-refractivity contribution < 1.29 is 9.59 Å². The summed E-state index contributed by atoms with van der Waals surface area (Å²) in [5.74, 6) is 0.102. The highest BCUT2D eigenvalue weighted by atomic mass is 16.2. The molecular weight excluding hydrogens is 192 g/mol. The summed E-state index contributed by atoms with van der Waals surface area (Å²) >= 11 is 0. The van der Waals surface area contributed by atoms with Gasteiger partial charge in [-0.05, 0) is 25.7 Å². The van der Waals surface area contributed by atoms with Crippen molar-refractivity contribution in [3.63, 3.8) is 0 Å². The Kier molecular flexibility index (Phi) is 3.85. The molecule has 86 valence electrons. The third-order valence-corrected chi connectivity index (χ3v) is 3.01. The number of nitrogens with zero attached hydrogens (tertiary/aromatic N) is 1. The fraction of sp³-hybridized carbons (Fsp3) is 0.818. The Bertz CT molecular complexity index is 263. The number of likely N-dealkylation sites (tertiary alicyclic amines) is 1. The third kappa shape index (κ3) is 2.56. The number of rotatable bonds is 3. The second kappa shape index (κ2) is 4.75. The first kappa shape index (κ1) is 12.2. The molecule has 1 aliphatic heterocycles. The van der Waals surface area contributed by atoms with Gasteiger partial charge in [0, 0.05) is 6.54 Å². The number of nitrogens with two attached hydrogens (primary N) is 1. The van der Waals surface area contributed by atoms with E-state index in [4.69, 9.17) is 5.73 Å². The van der Waals surface area contributed by atoms with Crippen LogP contribution in [0.3, 0.4) is 0 Å². The highest BCUT2D eigenvalue weighted by Gasteiger charge is 2.34. The minimum absolute atomic E-state index is 0.0665. The van der Waals surface area contributed by atoms with E-state index in [-0.39, 0.29) is 23.7 Å². The highest BCUT2D eigenvalue weighted by Crippen LogP contribution is 2.19. The van der Waals surface area contributed by atoms with Crippen LogP contribution in [-0.4, -0.2) is 35.2 Å². The number of carbonyl (C=O) groups is 2. The lowest BCUT2D eigenvalue weighted by molar-refractivity contribution is -0.138. The van der Waals surface area contributed by atoms with Crippen LogP contribution in [0.25, 0.3) is 0 Å². The SMILES string of the molecule is CC(=O)C1CCCN1C(=O)C(N)C(C)C. The fourth-order valence-electron chi connectivity index (χ4n) is 1.93. The van der Waals surface area contributed by atoms with Gasteiger partial charge in [0.25, 0.3) is 0 Å². The summed E-state index contributed by atoms with van der Waals surface area (Å²) in [6.07, 6.45) is 1.69. The molecule has 0 aliphatic carbocycles. The third-order valence-electron chi connectivity index (χ3n) is 3.01. The van der Waals surface area contributed by atoms with Gasteiger partial charge in [-0.3, -0.25) is 9.59 Å². The number of ketones is 1. The van der Waals surface area contributed by atoms with Crippen LogP contribution in [0.5, 0.6) is 0 Å². The van der Waals surface area contributed by atoms with Crippen LogP contribution in [0.1, 0.15) is 33.6 Å². The minimum Gasteiger partial charge on any atom is -0.331 e. The summed E-state index contributed by atoms with van der Waals surface area (Å²) in [4.78, 5) is 24.9. The van der Waals surface area contributed by atoms with Crippen LogP contribution in [0.2, 0.25) is 0 Å². The van der Waals surface area contributed by atoms with E-state index in [0.29, 0.717) is 6.54 Å². The molecule has 0 spiro atoms. The molecule has 0 bridgehead atoms. The van der Waals surface area contributed by atoms with Crippen molar-refractivity contribution in [2.75, 3.05) is 6.54 Å². The number of Topliss-reactive ketones (excluding diaryl/α,β-unsaturated/α-hetero) is 1. The van der Waals surface area contributed by atoms with Crippen LogP contribution in [0.15, 0.2) is 0 Å². The molecule has 1 fully saturated rings. The van der Waals surface area contributed by atoms with Crippen molar-refractivity contribution in [2.24, 2.45) is 11.7 Å². The highest BCUT2D eigenvalue weighted by molar-refractivity contribution is 5.90. The van der Waals surface area contributed by atoms with Gasteiger partial charge in [-0.15, -0.1) is 0 Å². The van der Waals surface area contributed by atoms with Crippen molar-refractivity contribution in [3.8, 4) is 0 Å². The number of carbonyl (C=O) groups excluding carboxylic acids is 2. The van der Waals surface area contributed by atoms with E-state index in [9.17, 15) is 9.59 Å². The fourth-order valence-corrected chi connectivity index (χ4v) is 1.93. The van der Waals surface area contributed by atoms with E-state index in [1.165, 1.54) is 6.92 Å². The van der Waals surface area contributed by atoms with E-state index in [1.807, 2.05) is 13.8 Å². The van der Waals surface area contributed by atoms with E-state index >= 15 is 0 Å². The molecule has 4 heteroatoms. The monoisotopic (exact) mass is 212 g/mol. The lowest BCUT2D eigenvalue weighted by Gasteiger charge is -2.27. The predicted octanol–water partition coefficient (Wildman–Crippen LogP) is 0.550.